The molecule has 2 aromatic carbocycles. The molecule has 0 unspecified atom stereocenters. The van der Waals surface area contributed by atoms with E-state index in [0.717, 1.165) is 26.1 Å². The molecule has 0 radical (unpaired) electrons. The van der Waals surface area contributed by atoms with Gasteiger partial charge >= 0.3 is 6.03 Å². The molecule has 0 aliphatic carbocycles. The number of urea groups is 1. The summed E-state index contributed by atoms with van der Waals surface area (Å²) >= 11 is 3.45. The summed E-state index contributed by atoms with van der Waals surface area (Å²) < 4.78 is 6.52. The van der Waals surface area contributed by atoms with E-state index in [0.29, 0.717) is 5.89 Å². The van der Waals surface area contributed by atoms with Crippen LogP contribution in [0, 0.1) is 0 Å². The van der Waals surface area contributed by atoms with E-state index in [1.807, 2.05) is 48.5 Å². The number of hydrogen-bond acceptors (Lipinski definition) is 5. The summed E-state index contributed by atoms with van der Waals surface area (Å²) in [5, 5.41) is 10.9. The maximum atomic E-state index is 13.2. The monoisotopic (exact) mass is 482 g/mol. The summed E-state index contributed by atoms with van der Waals surface area (Å²) in [6.45, 7) is 7.99. The van der Waals surface area contributed by atoms with Crippen LogP contribution in [0.4, 0.5) is 4.79 Å². The number of nitrogens with one attached hydrogen (secondary N) is 1. The maximum absolute atomic E-state index is 13.2. The Bertz CT molecular complexity index is 1150. The van der Waals surface area contributed by atoms with E-state index in [1.54, 1.807) is 6.92 Å². The Kier molecular flexibility index (Phi) is 5.21. The van der Waals surface area contributed by atoms with E-state index in [-0.39, 0.29) is 23.8 Å². The molecule has 160 valence electrons. The highest BCUT2D eigenvalue weighted by atomic mass is 79.9. The number of benzene rings is 2. The average Bonchev–Trinajstić information content (AvgIpc) is 3.27. The number of nitrogens with zero attached hydrogens (tertiary/aromatic N) is 3. The summed E-state index contributed by atoms with van der Waals surface area (Å²) in [7, 11) is 0. The number of carbonyl (C=O) groups is 2. The Morgan fingerprint density at radius 1 is 1.06 bits per heavy atom. The lowest BCUT2D eigenvalue weighted by molar-refractivity contribution is -0.131. The predicted octanol–water partition coefficient (Wildman–Crippen LogP) is 4.76. The average molecular weight is 483 g/mol. The normalized spacial score (nSPS) is 19.1. The minimum atomic E-state index is -1.15. The fourth-order valence-corrected chi connectivity index (χ4v) is 3.99. The molecule has 1 atom stereocenters. The van der Waals surface area contributed by atoms with Gasteiger partial charge < -0.3 is 9.73 Å². The summed E-state index contributed by atoms with van der Waals surface area (Å²) in [6, 6.07) is 14.7. The number of rotatable bonds is 4. The zero-order chi connectivity index (χ0) is 22.4. The number of halogens is 1. The lowest BCUT2D eigenvalue weighted by Crippen LogP contribution is -2.40. The third-order valence-corrected chi connectivity index (χ3v) is 6.16. The molecule has 3 amide bonds. The lowest BCUT2D eigenvalue weighted by Gasteiger charge is -2.24. The topological polar surface area (TPSA) is 88.3 Å². The molecule has 7 nitrogen and oxygen atoms in total. The number of aromatic nitrogens is 2. The third-order valence-electron chi connectivity index (χ3n) is 5.47. The van der Waals surface area contributed by atoms with Crippen molar-refractivity contribution in [2.75, 3.05) is 0 Å². The fraction of sp³-hybridized carbons (Fsp3) is 0.304. The molecule has 3 aromatic rings. The minimum absolute atomic E-state index is 0.00217. The molecule has 0 saturated carbocycles. The van der Waals surface area contributed by atoms with Crippen LogP contribution in [0.25, 0.3) is 11.5 Å². The molecule has 1 saturated heterocycles. The predicted molar refractivity (Wildman–Crippen MR) is 119 cm³/mol. The van der Waals surface area contributed by atoms with Gasteiger partial charge in [0.1, 0.15) is 12.1 Å². The van der Waals surface area contributed by atoms with Crippen molar-refractivity contribution in [1.82, 2.24) is 20.4 Å². The molecule has 1 aliphatic heterocycles. The fourth-order valence-electron chi connectivity index (χ4n) is 3.54. The van der Waals surface area contributed by atoms with Crippen LogP contribution in [0.3, 0.4) is 0 Å². The smallest absolute Gasteiger partial charge is 0.325 e. The standard InChI is InChI=1S/C23H23BrN4O3/c1-22(2,3)14-9-11-15(12-10-14)23(4)20(29)28(21(30)25-23)13-18-26-27-19(31-18)16-7-5-6-8-17(16)24/h5-12H,13H2,1-4H3,(H,25,30)/t23-/m1/s1. The van der Waals surface area contributed by atoms with E-state index in [2.05, 4.69) is 52.2 Å². The highest BCUT2D eigenvalue weighted by molar-refractivity contribution is 9.10. The molecule has 2 heterocycles. The lowest BCUT2D eigenvalue weighted by atomic mass is 9.84. The van der Waals surface area contributed by atoms with Gasteiger partial charge in [0.25, 0.3) is 5.91 Å². The Labute approximate surface area is 189 Å². The Balaban J connectivity index is 1.56. The first-order valence-electron chi connectivity index (χ1n) is 9.92. The molecule has 8 heteroatoms. The minimum Gasteiger partial charge on any atom is -0.419 e. The third kappa shape index (κ3) is 3.87. The van der Waals surface area contributed by atoms with Crippen molar-refractivity contribution in [2.45, 2.75) is 45.2 Å². The molecule has 0 bridgehead atoms. The van der Waals surface area contributed by atoms with Crippen LogP contribution < -0.4 is 5.32 Å². The van der Waals surface area contributed by atoms with Gasteiger partial charge in [0.2, 0.25) is 11.8 Å². The molecular weight excluding hydrogens is 460 g/mol. The first-order chi connectivity index (χ1) is 14.6. The van der Waals surface area contributed by atoms with Gasteiger partial charge in [0.05, 0.1) is 5.56 Å². The van der Waals surface area contributed by atoms with Crippen molar-refractivity contribution in [3.63, 3.8) is 0 Å². The van der Waals surface area contributed by atoms with Gasteiger partial charge in [0.15, 0.2) is 0 Å². The SMILES string of the molecule is CC(C)(C)c1ccc([C@@]2(C)NC(=O)N(Cc3nnc(-c4ccccc4Br)o3)C2=O)cc1. The van der Waals surface area contributed by atoms with E-state index in [1.165, 1.54) is 0 Å². The van der Waals surface area contributed by atoms with Crippen LogP contribution in [0.2, 0.25) is 0 Å². The Morgan fingerprint density at radius 2 is 1.74 bits per heavy atom. The molecular formula is C23H23BrN4O3. The van der Waals surface area contributed by atoms with E-state index >= 15 is 0 Å². The second-order valence-electron chi connectivity index (χ2n) is 8.75. The van der Waals surface area contributed by atoms with Crippen molar-refractivity contribution in [3.05, 3.63) is 70.0 Å². The highest BCUT2D eigenvalue weighted by Gasteiger charge is 2.49. The number of carbonyl (C=O) groups excluding carboxylic acids is 2. The highest BCUT2D eigenvalue weighted by Crippen LogP contribution is 2.32. The van der Waals surface area contributed by atoms with Crippen molar-refractivity contribution < 1.29 is 14.0 Å². The van der Waals surface area contributed by atoms with Crippen LogP contribution in [0.15, 0.2) is 57.4 Å². The second kappa shape index (κ2) is 7.60. The Hall–Kier alpha value is -3.00. The quantitative estimate of drug-likeness (QED) is 0.541. The molecule has 0 spiro atoms. The zero-order valence-electron chi connectivity index (χ0n) is 17.8. The van der Waals surface area contributed by atoms with Crippen LogP contribution in [-0.2, 0) is 22.3 Å². The molecule has 1 aromatic heterocycles. The zero-order valence-corrected chi connectivity index (χ0v) is 19.4. The van der Waals surface area contributed by atoms with Gasteiger partial charge in [-0.15, -0.1) is 10.2 Å². The first kappa shape index (κ1) is 21.2. The van der Waals surface area contributed by atoms with Crippen molar-refractivity contribution in [1.29, 1.82) is 0 Å². The Morgan fingerprint density at radius 3 is 2.39 bits per heavy atom. The van der Waals surface area contributed by atoms with Crippen LogP contribution in [0.1, 0.15) is 44.7 Å². The molecule has 31 heavy (non-hydrogen) atoms. The summed E-state index contributed by atoms with van der Waals surface area (Å²) in [6.07, 6.45) is 0. The van der Waals surface area contributed by atoms with Gasteiger partial charge in [-0.1, -0.05) is 57.2 Å². The van der Waals surface area contributed by atoms with Crippen molar-refractivity contribution in [2.24, 2.45) is 0 Å². The van der Waals surface area contributed by atoms with E-state index in [9.17, 15) is 9.59 Å². The molecule has 1 fully saturated rings. The number of amides is 3. The van der Waals surface area contributed by atoms with E-state index in [4.69, 9.17) is 4.42 Å². The van der Waals surface area contributed by atoms with Crippen molar-refractivity contribution >= 4 is 27.9 Å². The van der Waals surface area contributed by atoms with Crippen LogP contribution in [-0.4, -0.2) is 27.0 Å². The second-order valence-corrected chi connectivity index (χ2v) is 9.61. The summed E-state index contributed by atoms with van der Waals surface area (Å²) in [4.78, 5) is 26.9. The first-order valence-corrected chi connectivity index (χ1v) is 10.7. The number of imide groups is 1. The summed E-state index contributed by atoms with van der Waals surface area (Å²) in [5.74, 6) is 0.137. The van der Waals surface area contributed by atoms with Gasteiger partial charge in [-0.2, -0.15) is 0 Å². The van der Waals surface area contributed by atoms with Crippen LogP contribution >= 0.6 is 15.9 Å². The largest absolute Gasteiger partial charge is 0.419 e. The van der Waals surface area contributed by atoms with Gasteiger partial charge in [-0.25, -0.2) is 4.79 Å². The summed E-state index contributed by atoms with van der Waals surface area (Å²) in [5.41, 5.74) is 1.46. The van der Waals surface area contributed by atoms with Gasteiger partial charge in [0, 0.05) is 4.47 Å². The molecule has 1 aliphatic rings. The van der Waals surface area contributed by atoms with E-state index < -0.39 is 11.6 Å². The van der Waals surface area contributed by atoms with Crippen LogP contribution in [0.5, 0.6) is 0 Å². The van der Waals surface area contributed by atoms with Crippen molar-refractivity contribution in [3.8, 4) is 11.5 Å². The van der Waals surface area contributed by atoms with Gasteiger partial charge in [-0.3, -0.25) is 9.69 Å². The maximum Gasteiger partial charge on any atom is 0.325 e. The van der Waals surface area contributed by atoms with Gasteiger partial charge in [-0.05, 0) is 51.5 Å². The molecule has 1 N–H and O–H groups in total. The molecule has 4 rings (SSSR count). The number of hydrogen-bond donors (Lipinski definition) is 1.